The lowest BCUT2D eigenvalue weighted by Gasteiger charge is -2.35. The molecule has 2 heterocycles. The Bertz CT molecular complexity index is 656. The molecule has 0 bridgehead atoms. The fraction of sp³-hybridized carbons (Fsp3) is 0.682. The third-order valence-corrected chi connectivity index (χ3v) is 5.95. The maximum absolute atomic E-state index is 13.0. The zero-order chi connectivity index (χ0) is 19.9. The number of likely N-dealkylation sites (tertiary alicyclic amines) is 2. The van der Waals surface area contributed by atoms with E-state index in [9.17, 15) is 4.79 Å². The standard InChI is InChI=1S/C22H34N2O4/c1-26-19-14-21(28-3)20(27-2)13-18(19)16-23-10-8-9-17(15-23)22(25)24-11-6-4-5-7-12-24/h13-14,17H,4-12,15-16H2,1-3H3/t17-/m1/s1. The lowest BCUT2D eigenvalue weighted by Crippen LogP contribution is -2.44. The number of carbonyl (C=O) groups is 1. The zero-order valence-corrected chi connectivity index (χ0v) is 17.5. The lowest BCUT2D eigenvalue weighted by atomic mass is 9.95. The van der Waals surface area contributed by atoms with Gasteiger partial charge in [0.1, 0.15) is 5.75 Å². The molecule has 1 amide bonds. The summed E-state index contributed by atoms with van der Waals surface area (Å²) in [6.45, 7) is 4.42. The molecule has 1 aromatic carbocycles. The van der Waals surface area contributed by atoms with Gasteiger partial charge in [0.25, 0.3) is 0 Å². The Balaban J connectivity index is 1.68. The highest BCUT2D eigenvalue weighted by Gasteiger charge is 2.30. The molecule has 156 valence electrons. The molecule has 0 spiro atoms. The van der Waals surface area contributed by atoms with Gasteiger partial charge in [-0.1, -0.05) is 12.8 Å². The van der Waals surface area contributed by atoms with Gasteiger partial charge in [-0.2, -0.15) is 0 Å². The van der Waals surface area contributed by atoms with Crippen LogP contribution in [0.5, 0.6) is 17.2 Å². The van der Waals surface area contributed by atoms with Gasteiger partial charge in [-0.15, -0.1) is 0 Å². The van der Waals surface area contributed by atoms with Gasteiger partial charge in [0.05, 0.1) is 27.2 Å². The molecule has 3 rings (SSSR count). The smallest absolute Gasteiger partial charge is 0.226 e. The van der Waals surface area contributed by atoms with Crippen molar-refractivity contribution in [2.75, 3.05) is 47.5 Å². The second kappa shape index (κ2) is 10.0. The number of piperidine rings is 1. The molecule has 0 saturated carbocycles. The number of hydrogen-bond acceptors (Lipinski definition) is 5. The van der Waals surface area contributed by atoms with Crippen molar-refractivity contribution in [3.63, 3.8) is 0 Å². The summed E-state index contributed by atoms with van der Waals surface area (Å²) >= 11 is 0. The van der Waals surface area contributed by atoms with E-state index < -0.39 is 0 Å². The monoisotopic (exact) mass is 390 g/mol. The van der Waals surface area contributed by atoms with Gasteiger partial charge in [0.15, 0.2) is 11.5 Å². The van der Waals surface area contributed by atoms with E-state index in [1.807, 2.05) is 12.1 Å². The zero-order valence-electron chi connectivity index (χ0n) is 17.5. The van der Waals surface area contributed by atoms with E-state index in [4.69, 9.17) is 14.2 Å². The molecular weight excluding hydrogens is 356 g/mol. The maximum atomic E-state index is 13.0. The molecule has 2 aliphatic rings. The van der Waals surface area contributed by atoms with E-state index >= 15 is 0 Å². The summed E-state index contributed by atoms with van der Waals surface area (Å²) in [6.07, 6.45) is 6.84. The average Bonchev–Trinajstić information content (AvgIpc) is 3.02. The largest absolute Gasteiger partial charge is 0.496 e. The van der Waals surface area contributed by atoms with Crippen molar-refractivity contribution in [3.8, 4) is 17.2 Å². The first-order valence-corrected chi connectivity index (χ1v) is 10.5. The quantitative estimate of drug-likeness (QED) is 0.746. The minimum atomic E-state index is 0.109. The maximum Gasteiger partial charge on any atom is 0.226 e. The summed E-state index contributed by atoms with van der Waals surface area (Å²) in [5.74, 6) is 2.62. The molecule has 0 radical (unpaired) electrons. The Kier molecular flexibility index (Phi) is 7.43. The van der Waals surface area contributed by atoms with Crippen LogP contribution >= 0.6 is 0 Å². The Morgan fingerprint density at radius 3 is 2.18 bits per heavy atom. The fourth-order valence-corrected chi connectivity index (χ4v) is 4.41. The normalized spacial score (nSPS) is 21.1. The number of ether oxygens (including phenoxy) is 3. The average molecular weight is 391 g/mol. The second-order valence-electron chi connectivity index (χ2n) is 7.83. The van der Waals surface area contributed by atoms with Crippen LogP contribution in [-0.4, -0.2) is 63.2 Å². The van der Waals surface area contributed by atoms with Gasteiger partial charge in [-0.25, -0.2) is 0 Å². The number of benzene rings is 1. The number of carbonyl (C=O) groups excluding carboxylic acids is 1. The number of nitrogens with zero attached hydrogens (tertiary/aromatic N) is 2. The van der Waals surface area contributed by atoms with Gasteiger partial charge >= 0.3 is 0 Å². The Morgan fingerprint density at radius 2 is 1.54 bits per heavy atom. The van der Waals surface area contributed by atoms with Gasteiger partial charge in [-0.05, 0) is 38.3 Å². The topological polar surface area (TPSA) is 51.2 Å². The third kappa shape index (κ3) is 4.90. The van der Waals surface area contributed by atoms with Crippen LogP contribution in [0, 0.1) is 5.92 Å². The van der Waals surface area contributed by atoms with E-state index in [2.05, 4.69) is 9.80 Å². The summed E-state index contributed by atoms with van der Waals surface area (Å²) in [5.41, 5.74) is 1.06. The molecule has 0 unspecified atom stereocenters. The van der Waals surface area contributed by atoms with Crippen molar-refractivity contribution in [1.29, 1.82) is 0 Å². The molecule has 2 aliphatic heterocycles. The molecule has 1 atom stereocenters. The van der Waals surface area contributed by atoms with E-state index in [0.29, 0.717) is 17.4 Å². The summed E-state index contributed by atoms with van der Waals surface area (Å²) in [4.78, 5) is 17.5. The van der Waals surface area contributed by atoms with Crippen LogP contribution < -0.4 is 14.2 Å². The van der Waals surface area contributed by atoms with Crippen LogP contribution in [0.15, 0.2) is 12.1 Å². The summed E-state index contributed by atoms with van der Waals surface area (Å²) in [5, 5.41) is 0. The molecule has 0 aromatic heterocycles. The van der Waals surface area contributed by atoms with Gasteiger partial charge in [-0.3, -0.25) is 9.69 Å². The van der Waals surface area contributed by atoms with Gasteiger partial charge in [0.2, 0.25) is 5.91 Å². The van der Waals surface area contributed by atoms with Crippen molar-refractivity contribution < 1.29 is 19.0 Å². The highest BCUT2D eigenvalue weighted by atomic mass is 16.5. The van der Waals surface area contributed by atoms with Crippen LogP contribution in [-0.2, 0) is 11.3 Å². The SMILES string of the molecule is COc1cc(OC)c(OC)cc1CN1CCC[C@@H](C(=O)N2CCCCCC2)C1. The van der Waals surface area contributed by atoms with Crippen LogP contribution in [0.4, 0.5) is 0 Å². The molecule has 2 fully saturated rings. The van der Waals surface area contributed by atoms with Crippen LogP contribution in [0.3, 0.4) is 0 Å². The van der Waals surface area contributed by atoms with Crippen LogP contribution in [0.1, 0.15) is 44.1 Å². The first kappa shape index (κ1) is 20.8. The summed E-state index contributed by atoms with van der Waals surface area (Å²) in [7, 11) is 4.94. The molecule has 1 aromatic rings. The molecular formula is C22H34N2O4. The second-order valence-corrected chi connectivity index (χ2v) is 7.83. The molecule has 28 heavy (non-hydrogen) atoms. The molecule has 6 heteroatoms. The van der Waals surface area contributed by atoms with Gasteiger partial charge in [0, 0.05) is 37.8 Å². The van der Waals surface area contributed by atoms with Crippen LogP contribution in [0.25, 0.3) is 0 Å². The molecule has 0 aliphatic carbocycles. The van der Waals surface area contributed by atoms with Crippen molar-refractivity contribution in [1.82, 2.24) is 9.80 Å². The highest BCUT2D eigenvalue weighted by molar-refractivity contribution is 5.79. The van der Waals surface area contributed by atoms with Crippen molar-refractivity contribution >= 4 is 5.91 Å². The van der Waals surface area contributed by atoms with Crippen molar-refractivity contribution in [3.05, 3.63) is 17.7 Å². The third-order valence-electron chi connectivity index (χ3n) is 5.95. The first-order valence-electron chi connectivity index (χ1n) is 10.5. The van der Waals surface area contributed by atoms with E-state index in [0.717, 1.165) is 69.7 Å². The Labute approximate surface area is 168 Å². The van der Waals surface area contributed by atoms with Crippen molar-refractivity contribution in [2.45, 2.75) is 45.1 Å². The predicted octanol–water partition coefficient (Wildman–Crippen LogP) is 3.33. The number of rotatable bonds is 6. The predicted molar refractivity (Wildman–Crippen MR) is 109 cm³/mol. The first-order chi connectivity index (χ1) is 13.7. The van der Waals surface area contributed by atoms with Gasteiger partial charge < -0.3 is 19.1 Å². The number of methoxy groups -OCH3 is 3. The number of amides is 1. The number of hydrogen-bond donors (Lipinski definition) is 0. The minimum absolute atomic E-state index is 0.109. The molecule has 0 N–H and O–H groups in total. The van der Waals surface area contributed by atoms with E-state index in [1.54, 1.807) is 21.3 Å². The fourth-order valence-electron chi connectivity index (χ4n) is 4.41. The van der Waals surface area contributed by atoms with E-state index in [1.165, 1.54) is 12.8 Å². The Morgan fingerprint density at radius 1 is 0.893 bits per heavy atom. The molecule has 6 nitrogen and oxygen atoms in total. The minimum Gasteiger partial charge on any atom is -0.496 e. The van der Waals surface area contributed by atoms with Crippen LogP contribution in [0.2, 0.25) is 0 Å². The Hall–Kier alpha value is -1.95. The lowest BCUT2D eigenvalue weighted by molar-refractivity contribution is -0.137. The van der Waals surface area contributed by atoms with Crippen molar-refractivity contribution in [2.24, 2.45) is 5.92 Å². The van der Waals surface area contributed by atoms with E-state index in [-0.39, 0.29) is 5.92 Å². The summed E-state index contributed by atoms with van der Waals surface area (Å²) < 4.78 is 16.4. The molecule has 2 saturated heterocycles. The highest BCUT2D eigenvalue weighted by Crippen LogP contribution is 2.35. The summed E-state index contributed by atoms with van der Waals surface area (Å²) in [6, 6.07) is 3.86.